The van der Waals surface area contributed by atoms with Crippen LogP contribution in [0.2, 0.25) is 0 Å². The molecule has 0 radical (unpaired) electrons. The standard InChI is InChI=1S/C36H70O3.Ca.Zn.2H/c1-3-5-7-9-11-13-15-17-19-21-23-25-27-29-31-33-35(37)39-36(38)34-32-30-28-26-24-22-20-18-16-14-12-10-8-6-4-2;;;;/h3-34H2,1-2H3;;;;. The SMILES string of the molecule is CCCCCCCCCCCCCCCCCC(=O)OC(=O)CCCCCCCCCCCCCCCCC.[CaH2].[Zn]. The predicted octanol–water partition coefficient (Wildman–Crippen LogP) is 11.7. The quantitative estimate of drug-likeness (QED) is 0.0313. The van der Waals surface area contributed by atoms with Gasteiger partial charge in [0.1, 0.15) is 0 Å². The van der Waals surface area contributed by atoms with Gasteiger partial charge in [0.15, 0.2) is 0 Å². The Morgan fingerprint density at radius 3 is 0.707 bits per heavy atom. The second kappa shape index (κ2) is 41.0. The molecule has 5 heteroatoms. The summed E-state index contributed by atoms with van der Waals surface area (Å²) in [6, 6.07) is 0. The number of carbonyl (C=O) groups is 2. The Balaban J connectivity index is -0.00000722. The third-order valence-corrected chi connectivity index (χ3v) is 8.20. The number of esters is 2. The van der Waals surface area contributed by atoms with Crippen LogP contribution >= 0.6 is 0 Å². The minimum atomic E-state index is -0.323. The van der Waals surface area contributed by atoms with Gasteiger partial charge < -0.3 is 4.74 Å². The van der Waals surface area contributed by atoms with Crippen LogP contribution in [0.15, 0.2) is 0 Å². The molecule has 0 aromatic carbocycles. The van der Waals surface area contributed by atoms with Gasteiger partial charge in [0, 0.05) is 32.3 Å². The second-order valence-electron chi connectivity index (χ2n) is 12.2. The normalized spacial score (nSPS) is 10.7. The van der Waals surface area contributed by atoms with E-state index in [0.29, 0.717) is 12.8 Å². The fraction of sp³-hybridized carbons (Fsp3) is 0.944. The molecule has 0 rings (SSSR count). The molecule has 0 amide bonds. The summed E-state index contributed by atoms with van der Waals surface area (Å²) in [5, 5.41) is 0. The van der Waals surface area contributed by atoms with Crippen molar-refractivity contribution in [2.24, 2.45) is 0 Å². The van der Waals surface area contributed by atoms with Gasteiger partial charge in [-0.2, -0.15) is 0 Å². The Kier molecular flexibility index (Phi) is 46.5. The second-order valence-corrected chi connectivity index (χ2v) is 12.2. The minimum Gasteiger partial charge on any atom is 0 e. The van der Waals surface area contributed by atoms with Crippen LogP contribution in [0, 0.1) is 0 Å². The summed E-state index contributed by atoms with van der Waals surface area (Å²) in [6.45, 7) is 4.55. The molecule has 0 saturated heterocycles. The van der Waals surface area contributed by atoms with E-state index in [0.717, 1.165) is 25.7 Å². The van der Waals surface area contributed by atoms with Crippen LogP contribution in [0.3, 0.4) is 0 Å². The molecule has 0 unspecified atom stereocenters. The summed E-state index contributed by atoms with van der Waals surface area (Å²) in [7, 11) is 0. The molecule has 238 valence electrons. The first kappa shape index (κ1) is 46.4. The Labute approximate surface area is 300 Å². The van der Waals surface area contributed by atoms with E-state index in [1.807, 2.05) is 0 Å². The minimum absolute atomic E-state index is 0. The number of hydrogen-bond donors (Lipinski definition) is 0. The van der Waals surface area contributed by atoms with Crippen molar-refractivity contribution in [1.82, 2.24) is 0 Å². The van der Waals surface area contributed by atoms with Gasteiger partial charge >= 0.3 is 49.7 Å². The molecule has 0 bridgehead atoms. The summed E-state index contributed by atoms with van der Waals surface area (Å²) < 4.78 is 5.01. The topological polar surface area (TPSA) is 43.4 Å². The van der Waals surface area contributed by atoms with Crippen LogP contribution in [0.5, 0.6) is 0 Å². The summed E-state index contributed by atoms with van der Waals surface area (Å²) in [4.78, 5) is 23.8. The van der Waals surface area contributed by atoms with E-state index in [1.54, 1.807) is 0 Å². The Hall–Kier alpha value is 1.02. The first-order valence-corrected chi connectivity index (χ1v) is 17.9. The van der Waals surface area contributed by atoms with Crippen molar-refractivity contribution in [2.45, 2.75) is 219 Å². The molecular weight excluding hydrogens is 586 g/mol. The monoisotopic (exact) mass is 656 g/mol. The summed E-state index contributed by atoms with van der Waals surface area (Å²) in [5.74, 6) is -0.647. The van der Waals surface area contributed by atoms with Crippen LogP contribution in [0.25, 0.3) is 0 Å². The van der Waals surface area contributed by atoms with Crippen LogP contribution in [0.1, 0.15) is 219 Å². The third kappa shape index (κ3) is 41.0. The van der Waals surface area contributed by atoms with Crippen molar-refractivity contribution in [1.29, 1.82) is 0 Å². The van der Waals surface area contributed by atoms with E-state index in [9.17, 15) is 9.59 Å². The molecule has 0 aromatic heterocycles. The zero-order chi connectivity index (χ0) is 28.5. The largest absolute Gasteiger partial charge is 0 e. The van der Waals surface area contributed by atoms with Gasteiger partial charge in [-0.1, -0.05) is 194 Å². The fourth-order valence-corrected chi connectivity index (χ4v) is 5.51. The summed E-state index contributed by atoms with van der Waals surface area (Å²) in [6.07, 6.45) is 40.1. The molecule has 0 aliphatic carbocycles. The molecule has 0 heterocycles. The van der Waals surface area contributed by atoms with E-state index in [-0.39, 0.29) is 69.2 Å². The Morgan fingerprint density at radius 2 is 0.512 bits per heavy atom. The molecule has 0 fully saturated rings. The molecule has 0 atom stereocenters. The van der Waals surface area contributed by atoms with Crippen molar-refractivity contribution >= 4 is 49.7 Å². The number of rotatable bonds is 32. The fourth-order valence-electron chi connectivity index (χ4n) is 5.51. The van der Waals surface area contributed by atoms with E-state index >= 15 is 0 Å². The Bertz CT molecular complexity index is 471. The maximum absolute atomic E-state index is 11.9. The van der Waals surface area contributed by atoms with Gasteiger partial charge in [-0.25, -0.2) is 0 Å². The van der Waals surface area contributed by atoms with Gasteiger partial charge in [-0.3, -0.25) is 9.59 Å². The smallest absolute Gasteiger partial charge is 0 e. The number of ether oxygens (including phenoxy) is 1. The van der Waals surface area contributed by atoms with Gasteiger partial charge in [-0.15, -0.1) is 0 Å². The molecule has 0 aromatic rings. The van der Waals surface area contributed by atoms with Gasteiger partial charge in [0.2, 0.25) is 0 Å². The van der Waals surface area contributed by atoms with Gasteiger partial charge in [0.05, 0.1) is 0 Å². The molecule has 0 N–H and O–H groups in total. The van der Waals surface area contributed by atoms with Gasteiger partial charge in [-0.05, 0) is 12.8 Å². The molecule has 0 spiro atoms. The van der Waals surface area contributed by atoms with E-state index in [2.05, 4.69) is 13.8 Å². The molecule has 0 aliphatic rings. The van der Waals surface area contributed by atoms with Gasteiger partial charge in [0.25, 0.3) is 0 Å². The van der Waals surface area contributed by atoms with Crippen LogP contribution in [0.4, 0.5) is 0 Å². The number of hydrogen-bond acceptors (Lipinski definition) is 3. The first-order chi connectivity index (χ1) is 19.2. The van der Waals surface area contributed by atoms with Crippen LogP contribution in [-0.2, 0) is 33.8 Å². The predicted molar refractivity (Wildman–Crippen MR) is 179 cm³/mol. The van der Waals surface area contributed by atoms with Crippen LogP contribution < -0.4 is 0 Å². The van der Waals surface area contributed by atoms with Crippen LogP contribution in [-0.4, -0.2) is 49.7 Å². The number of carbonyl (C=O) groups excluding carboxylic acids is 2. The van der Waals surface area contributed by atoms with Crippen molar-refractivity contribution in [3.8, 4) is 0 Å². The van der Waals surface area contributed by atoms with Crippen molar-refractivity contribution in [3.05, 3.63) is 0 Å². The van der Waals surface area contributed by atoms with E-state index in [4.69, 9.17) is 4.74 Å². The summed E-state index contributed by atoms with van der Waals surface area (Å²) >= 11 is 0. The summed E-state index contributed by atoms with van der Waals surface area (Å²) in [5.41, 5.74) is 0. The molecule has 3 nitrogen and oxygen atoms in total. The first-order valence-electron chi connectivity index (χ1n) is 17.9. The average Bonchev–Trinajstić information content (AvgIpc) is 2.93. The molecule has 0 saturated carbocycles. The number of unbranched alkanes of at least 4 members (excludes halogenated alkanes) is 28. The molecule has 41 heavy (non-hydrogen) atoms. The zero-order valence-corrected chi connectivity index (χ0v) is 30.5. The van der Waals surface area contributed by atoms with Crippen molar-refractivity contribution in [3.63, 3.8) is 0 Å². The third-order valence-electron chi connectivity index (χ3n) is 8.20. The van der Waals surface area contributed by atoms with E-state index < -0.39 is 0 Å². The molecular formula is C36H72CaO3Zn. The average molecular weight is 658 g/mol. The maximum atomic E-state index is 11.9. The van der Waals surface area contributed by atoms with E-state index in [1.165, 1.54) is 167 Å². The van der Waals surface area contributed by atoms with Crippen molar-refractivity contribution in [2.75, 3.05) is 0 Å². The zero-order valence-electron chi connectivity index (χ0n) is 27.6. The van der Waals surface area contributed by atoms with Crippen molar-refractivity contribution < 1.29 is 33.8 Å². The molecule has 0 aliphatic heterocycles. The maximum Gasteiger partial charge on any atom is 0 e. The Morgan fingerprint density at radius 1 is 0.341 bits per heavy atom.